The summed E-state index contributed by atoms with van der Waals surface area (Å²) in [6.45, 7) is 0. The fraction of sp³-hybridized carbons (Fsp3) is 0. The predicted octanol–water partition coefficient (Wildman–Crippen LogP) is 12.8. The molecule has 0 aliphatic rings. The molecular formula is C44H24N2S2. The molecule has 0 amide bonds. The zero-order chi connectivity index (χ0) is 32.2. The van der Waals surface area contributed by atoms with Crippen LogP contribution in [0.2, 0.25) is 0 Å². The molecular weight excluding hydrogens is 621 g/mol. The van der Waals surface area contributed by atoms with Crippen LogP contribution in [-0.2, 0) is 0 Å². The molecule has 0 saturated carbocycles. The van der Waals surface area contributed by atoms with Gasteiger partial charge in [0, 0.05) is 40.3 Å². The molecule has 0 radical (unpaired) electrons. The summed E-state index contributed by atoms with van der Waals surface area (Å²) < 4.78 is 5.02. The summed E-state index contributed by atoms with van der Waals surface area (Å²) in [6.07, 6.45) is 0. The second-order valence-corrected chi connectivity index (χ2v) is 14.2. The van der Waals surface area contributed by atoms with E-state index in [1.807, 2.05) is 24.3 Å². The molecule has 0 fully saturated rings. The van der Waals surface area contributed by atoms with E-state index in [0.717, 1.165) is 44.5 Å². The molecule has 2 aromatic heterocycles. The Bertz CT molecular complexity index is 2630. The van der Waals surface area contributed by atoms with Gasteiger partial charge in [0.1, 0.15) is 0 Å². The van der Waals surface area contributed by atoms with Crippen molar-refractivity contribution in [3.05, 3.63) is 157 Å². The minimum atomic E-state index is 0.620. The van der Waals surface area contributed by atoms with Gasteiger partial charge in [-0.3, -0.25) is 0 Å². The number of hydrogen-bond acceptors (Lipinski definition) is 4. The maximum absolute atomic E-state index is 10.0. The van der Waals surface area contributed by atoms with E-state index in [2.05, 4.69) is 133 Å². The predicted molar refractivity (Wildman–Crippen MR) is 203 cm³/mol. The molecule has 0 bridgehead atoms. The number of nitrogens with zero attached hydrogens (tertiary/aromatic N) is 2. The Hall–Kier alpha value is -6.04. The quantitative estimate of drug-likeness (QED) is 0.191. The maximum Gasteiger partial charge on any atom is 0.0992 e. The fourth-order valence-electron chi connectivity index (χ4n) is 6.74. The SMILES string of the molecule is N#Cc1cc(-c2cccc(-c3cc(C#N)cc(-c4ccc5c(c4)sc4ccccc45)c3)c2)cc(-c2ccc3c(c2)sc2ccccc23)c1. The molecule has 7 aromatic carbocycles. The van der Waals surface area contributed by atoms with Crippen LogP contribution >= 0.6 is 22.7 Å². The van der Waals surface area contributed by atoms with Crippen LogP contribution in [0.3, 0.4) is 0 Å². The summed E-state index contributed by atoms with van der Waals surface area (Å²) in [6, 6.07) is 55.5. The van der Waals surface area contributed by atoms with Crippen LogP contribution in [0.4, 0.5) is 0 Å². The lowest BCUT2D eigenvalue weighted by Crippen LogP contribution is -1.88. The van der Waals surface area contributed by atoms with E-state index >= 15 is 0 Å². The Balaban J connectivity index is 1.11. The lowest BCUT2D eigenvalue weighted by molar-refractivity contribution is 1.47. The standard InChI is InChI=1S/C44H24N2S2/c45-25-27-16-33(21-35(18-27)31-12-14-39-37-8-1-3-10-41(37)47-43(39)23-31)29-6-5-7-30(20-29)34-17-28(26-46)19-36(22-34)32-13-15-40-38-9-2-4-11-42(38)48-44(40)24-32/h1-24H. The van der Waals surface area contributed by atoms with Gasteiger partial charge < -0.3 is 0 Å². The monoisotopic (exact) mass is 644 g/mol. The van der Waals surface area contributed by atoms with Crippen LogP contribution in [0, 0.1) is 22.7 Å². The van der Waals surface area contributed by atoms with Crippen LogP contribution in [0.25, 0.3) is 84.9 Å². The second-order valence-electron chi connectivity index (χ2n) is 12.0. The van der Waals surface area contributed by atoms with Crippen molar-refractivity contribution < 1.29 is 0 Å². The Morgan fingerprint density at radius 2 is 0.688 bits per heavy atom. The first kappa shape index (κ1) is 28.2. The first-order valence-electron chi connectivity index (χ1n) is 15.7. The molecule has 2 heterocycles. The van der Waals surface area contributed by atoms with Gasteiger partial charge in [-0.2, -0.15) is 10.5 Å². The Kier molecular flexibility index (Phi) is 6.66. The van der Waals surface area contributed by atoms with E-state index in [-0.39, 0.29) is 0 Å². The third-order valence-corrected chi connectivity index (χ3v) is 11.3. The van der Waals surface area contributed by atoms with Crippen molar-refractivity contribution >= 4 is 63.0 Å². The van der Waals surface area contributed by atoms with Crippen molar-refractivity contribution in [1.82, 2.24) is 0 Å². The molecule has 0 aliphatic heterocycles. The highest BCUT2D eigenvalue weighted by Crippen LogP contribution is 2.39. The number of nitriles is 2. The highest BCUT2D eigenvalue weighted by Gasteiger charge is 2.12. The molecule has 0 unspecified atom stereocenters. The van der Waals surface area contributed by atoms with E-state index in [4.69, 9.17) is 0 Å². The lowest BCUT2D eigenvalue weighted by atomic mass is 9.92. The van der Waals surface area contributed by atoms with Crippen molar-refractivity contribution in [3.8, 4) is 56.6 Å². The highest BCUT2D eigenvalue weighted by molar-refractivity contribution is 7.26. The molecule has 222 valence electrons. The van der Waals surface area contributed by atoms with Crippen LogP contribution in [0.15, 0.2) is 146 Å². The van der Waals surface area contributed by atoms with Gasteiger partial charge in [-0.25, -0.2) is 0 Å². The average molecular weight is 645 g/mol. The number of benzene rings is 7. The van der Waals surface area contributed by atoms with Crippen molar-refractivity contribution in [2.45, 2.75) is 0 Å². The number of rotatable bonds is 4. The van der Waals surface area contributed by atoms with E-state index in [0.29, 0.717) is 11.1 Å². The van der Waals surface area contributed by atoms with Gasteiger partial charge in [0.15, 0.2) is 0 Å². The summed E-state index contributed by atoms with van der Waals surface area (Å²) in [5, 5.41) is 25.1. The van der Waals surface area contributed by atoms with Gasteiger partial charge in [-0.05, 0) is 111 Å². The van der Waals surface area contributed by atoms with Gasteiger partial charge in [0.05, 0.1) is 23.3 Å². The molecule has 2 nitrogen and oxygen atoms in total. The van der Waals surface area contributed by atoms with Crippen LogP contribution in [-0.4, -0.2) is 0 Å². The molecule has 0 N–H and O–H groups in total. The molecule has 0 spiro atoms. The van der Waals surface area contributed by atoms with Crippen molar-refractivity contribution in [2.24, 2.45) is 0 Å². The van der Waals surface area contributed by atoms with E-state index in [1.165, 1.54) is 40.3 Å². The minimum Gasteiger partial charge on any atom is -0.192 e. The van der Waals surface area contributed by atoms with Crippen LogP contribution in [0.1, 0.15) is 11.1 Å². The van der Waals surface area contributed by atoms with Gasteiger partial charge >= 0.3 is 0 Å². The molecule has 9 rings (SSSR count). The normalized spacial score (nSPS) is 11.3. The van der Waals surface area contributed by atoms with Gasteiger partial charge in [0.2, 0.25) is 0 Å². The first-order chi connectivity index (χ1) is 23.6. The topological polar surface area (TPSA) is 47.6 Å². The second kappa shape index (κ2) is 11.3. The first-order valence-corrected chi connectivity index (χ1v) is 17.3. The maximum atomic E-state index is 10.0. The highest BCUT2D eigenvalue weighted by atomic mass is 32.1. The Morgan fingerprint density at radius 1 is 0.312 bits per heavy atom. The number of thiophene rings is 2. The fourth-order valence-corrected chi connectivity index (χ4v) is 9.03. The summed E-state index contributed by atoms with van der Waals surface area (Å²) >= 11 is 3.59. The molecule has 0 aliphatic carbocycles. The smallest absolute Gasteiger partial charge is 0.0992 e. The zero-order valence-electron chi connectivity index (χ0n) is 25.6. The summed E-state index contributed by atoms with van der Waals surface area (Å²) in [5.74, 6) is 0. The third kappa shape index (κ3) is 4.84. The van der Waals surface area contributed by atoms with E-state index in [9.17, 15) is 10.5 Å². The number of hydrogen-bond donors (Lipinski definition) is 0. The van der Waals surface area contributed by atoms with Gasteiger partial charge in [0.25, 0.3) is 0 Å². The van der Waals surface area contributed by atoms with Crippen LogP contribution < -0.4 is 0 Å². The molecule has 48 heavy (non-hydrogen) atoms. The molecule has 0 saturated heterocycles. The van der Waals surface area contributed by atoms with Crippen molar-refractivity contribution in [1.29, 1.82) is 10.5 Å². The van der Waals surface area contributed by atoms with Crippen LogP contribution in [0.5, 0.6) is 0 Å². The largest absolute Gasteiger partial charge is 0.192 e. The minimum absolute atomic E-state index is 0.620. The van der Waals surface area contributed by atoms with Crippen molar-refractivity contribution in [2.75, 3.05) is 0 Å². The Labute approximate surface area is 285 Å². The van der Waals surface area contributed by atoms with Gasteiger partial charge in [-0.15, -0.1) is 22.7 Å². The summed E-state index contributed by atoms with van der Waals surface area (Å²) in [7, 11) is 0. The average Bonchev–Trinajstić information content (AvgIpc) is 3.72. The summed E-state index contributed by atoms with van der Waals surface area (Å²) in [5.41, 5.74) is 9.44. The zero-order valence-corrected chi connectivity index (χ0v) is 27.2. The lowest BCUT2D eigenvalue weighted by Gasteiger charge is -2.11. The molecule has 4 heteroatoms. The molecule has 9 aromatic rings. The van der Waals surface area contributed by atoms with E-state index < -0.39 is 0 Å². The summed E-state index contributed by atoms with van der Waals surface area (Å²) in [4.78, 5) is 0. The third-order valence-electron chi connectivity index (χ3n) is 9.08. The van der Waals surface area contributed by atoms with Crippen molar-refractivity contribution in [3.63, 3.8) is 0 Å². The van der Waals surface area contributed by atoms with E-state index in [1.54, 1.807) is 22.7 Å². The molecule has 0 atom stereocenters. The number of fused-ring (bicyclic) bond motifs is 6. The van der Waals surface area contributed by atoms with Gasteiger partial charge in [-0.1, -0.05) is 78.9 Å². The Morgan fingerprint density at radius 3 is 1.12 bits per heavy atom.